The van der Waals surface area contributed by atoms with Gasteiger partial charge >= 0.3 is 0 Å². The van der Waals surface area contributed by atoms with E-state index in [1.54, 1.807) is 4.68 Å². The third-order valence-corrected chi connectivity index (χ3v) is 1.37. The Labute approximate surface area is 69.7 Å². The Kier molecular flexibility index (Phi) is 2.27. The van der Waals surface area contributed by atoms with Gasteiger partial charge in [-0.05, 0) is 13.8 Å². The molecule has 0 aromatic carbocycles. The van der Waals surface area contributed by atoms with Crippen molar-refractivity contribution >= 4 is 5.84 Å². The molecule has 0 amide bonds. The van der Waals surface area contributed by atoms with E-state index in [9.17, 15) is 0 Å². The van der Waals surface area contributed by atoms with Crippen LogP contribution in [0.2, 0.25) is 0 Å². The highest BCUT2D eigenvalue weighted by atomic mass is 16.4. The zero-order valence-electron chi connectivity index (χ0n) is 6.97. The summed E-state index contributed by atoms with van der Waals surface area (Å²) in [7, 11) is 0. The van der Waals surface area contributed by atoms with E-state index in [0.717, 1.165) is 0 Å². The van der Waals surface area contributed by atoms with Crippen LogP contribution in [0.1, 0.15) is 25.7 Å². The molecule has 6 nitrogen and oxygen atoms in total. The molecule has 1 heterocycles. The van der Waals surface area contributed by atoms with Crippen LogP contribution in [0.15, 0.2) is 11.5 Å². The number of rotatable bonds is 2. The van der Waals surface area contributed by atoms with E-state index < -0.39 is 0 Å². The first-order valence-corrected chi connectivity index (χ1v) is 3.54. The molecule has 3 N–H and O–H groups in total. The minimum atomic E-state index is -0.0746. The second-order valence-corrected chi connectivity index (χ2v) is 2.63. The molecule has 0 spiro atoms. The van der Waals surface area contributed by atoms with Gasteiger partial charge < -0.3 is 10.9 Å². The molecule has 0 aliphatic heterocycles. The summed E-state index contributed by atoms with van der Waals surface area (Å²) in [6, 6.07) is 0.220. The fraction of sp³-hybridized carbons (Fsp3) is 0.500. The van der Waals surface area contributed by atoms with Gasteiger partial charge in [0, 0.05) is 6.04 Å². The van der Waals surface area contributed by atoms with Gasteiger partial charge in [0.2, 0.25) is 11.7 Å². The van der Waals surface area contributed by atoms with Crippen LogP contribution in [0.3, 0.4) is 0 Å². The molecule has 0 aliphatic carbocycles. The first kappa shape index (κ1) is 8.51. The van der Waals surface area contributed by atoms with Crippen molar-refractivity contribution in [2.45, 2.75) is 19.9 Å². The van der Waals surface area contributed by atoms with E-state index in [1.807, 2.05) is 13.8 Å². The summed E-state index contributed by atoms with van der Waals surface area (Å²) in [5.74, 6) is 0.167. The molecule has 1 aromatic rings. The van der Waals surface area contributed by atoms with Crippen molar-refractivity contribution in [3.05, 3.63) is 12.2 Å². The van der Waals surface area contributed by atoms with Crippen molar-refractivity contribution < 1.29 is 5.21 Å². The summed E-state index contributed by atoms with van der Waals surface area (Å²) >= 11 is 0. The molecule has 12 heavy (non-hydrogen) atoms. The zero-order valence-corrected chi connectivity index (χ0v) is 6.97. The standard InChI is InChI=1S/C6H11N5O/c1-4(2)11-3-8-6(9-11)5(7)10-12/h3-4,12H,1-2H3,(H2,7,10). The molecular formula is C6H11N5O. The molecule has 0 radical (unpaired) electrons. The highest BCUT2D eigenvalue weighted by Gasteiger charge is 2.06. The quantitative estimate of drug-likeness (QED) is 0.281. The molecule has 1 aromatic heterocycles. The van der Waals surface area contributed by atoms with Crippen molar-refractivity contribution in [3.8, 4) is 0 Å². The summed E-state index contributed by atoms with van der Waals surface area (Å²) in [4.78, 5) is 3.84. The number of hydrogen-bond acceptors (Lipinski definition) is 4. The number of nitrogens with two attached hydrogens (primary N) is 1. The lowest BCUT2D eigenvalue weighted by atomic mass is 10.4. The second kappa shape index (κ2) is 3.21. The predicted molar refractivity (Wildman–Crippen MR) is 42.9 cm³/mol. The van der Waals surface area contributed by atoms with Crippen molar-refractivity contribution in [2.24, 2.45) is 10.9 Å². The van der Waals surface area contributed by atoms with Gasteiger partial charge in [0.05, 0.1) is 0 Å². The normalized spacial score (nSPS) is 12.4. The molecular weight excluding hydrogens is 158 g/mol. The molecule has 0 fully saturated rings. The van der Waals surface area contributed by atoms with Gasteiger partial charge in [0.1, 0.15) is 6.33 Å². The number of amidine groups is 1. The van der Waals surface area contributed by atoms with Crippen molar-refractivity contribution in [2.75, 3.05) is 0 Å². The van der Waals surface area contributed by atoms with E-state index in [4.69, 9.17) is 10.9 Å². The molecule has 6 heteroatoms. The Morgan fingerprint density at radius 2 is 2.42 bits per heavy atom. The van der Waals surface area contributed by atoms with Crippen LogP contribution in [0.5, 0.6) is 0 Å². The van der Waals surface area contributed by atoms with Gasteiger partial charge in [-0.1, -0.05) is 5.16 Å². The van der Waals surface area contributed by atoms with Gasteiger partial charge in [-0.3, -0.25) is 0 Å². The van der Waals surface area contributed by atoms with Crippen LogP contribution >= 0.6 is 0 Å². The lowest BCUT2D eigenvalue weighted by molar-refractivity contribution is 0.318. The molecule has 0 atom stereocenters. The molecule has 0 saturated heterocycles. The lowest BCUT2D eigenvalue weighted by Gasteiger charge is -2.01. The second-order valence-electron chi connectivity index (χ2n) is 2.63. The SMILES string of the molecule is CC(C)n1cnc(C(N)=NO)n1. The van der Waals surface area contributed by atoms with E-state index in [0.29, 0.717) is 0 Å². The van der Waals surface area contributed by atoms with Gasteiger partial charge in [-0.2, -0.15) is 0 Å². The third-order valence-electron chi connectivity index (χ3n) is 1.37. The fourth-order valence-electron chi connectivity index (χ4n) is 0.686. The summed E-state index contributed by atoms with van der Waals surface area (Å²) in [6.45, 7) is 3.93. The summed E-state index contributed by atoms with van der Waals surface area (Å²) < 4.78 is 1.63. The molecule has 0 aliphatic rings. The number of nitrogens with zero attached hydrogens (tertiary/aromatic N) is 4. The van der Waals surface area contributed by atoms with Crippen LogP contribution in [-0.2, 0) is 0 Å². The Morgan fingerprint density at radius 3 is 2.83 bits per heavy atom. The lowest BCUT2D eigenvalue weighted by Crippen LogP contribution is -2.15. The first-order chi connectivity index (χ1) is 5.65. The summed E-state index contributed by atoms with van der Waals surface area (Å²) in [5, 5.41) is 15.1. The minimum Gasteiger partial charge on any atom is -0.409 e. The number of hydrogen-bond donors (Lipinski definition) is 2. The van der Waals surface area contributed by atoms with E-state index >= 15 is 0 Å². The molecule has 66 valence electrons. The highest BCUT2D eigenvalue weighted by Crippen LogP contribution is 2.00. The zero-order chi connectivity index (χ0) is 9.14. The van der Waals surface area contributed by atoms with Crippen LogP contribution in [0.25, 0.3) is 0 Å². The third kappa shape index (κ3) is 1.52. The van der Waals surface area contributed by atoms with Crippen molar-refractivity contribution in [1.29, 1.82) is 0 Å². The smallest absolute Gasteiger partial charge is 0.219 e. The van der Waals surface area contributed by atoms with Crippen LogP contribution in [-0.4, -0.2) is 25.8 Å². The Bertz CT molecular complexity index is 290. The summed E-state index contributed by atoms with van der Waals surface area (Å²) in [6.07, 6.45) is 1.54. The van der Waals surface area contributed by atoms with Gasteiger partial charge in [0.15, 0.2) is 0 Å². The van der Waals surface area contributed by atoms with Crippen molar-refractivity contribution in [1.82, 2.24) is 14.8 Å². The largest absolute Gasteiger partial charge is 0.409 e. The first-order valence-electron chi connectivity index (χ1n) is 3.54. The van der Waals surface area contributed by atoms with Gasteiger partial charge in [-0.15, -0.1) is 5.10 Å². The van der Waals surface area contributed by atoms with Gasteiger partial charge in [0.25, 0.3) is 0 Å². The monoisotopic (exact) mass is 169 g/mol. The molecule has 0 saturated carbocycles. The van der Waals surface area contributed by atoms with E-state index in [-0.39, 0.29) is 17.7 Å². The number of aromatic nitrogens is 3. The van der Waals surface area contributed by atoms with E-state index in [1.165, 1.54) is 6.33 Å². The summed E-state index contributed by atoms with van der Waals surface area (Å²) in [5.41, 5.74) is 5.27. The highest BCUT2D eigenvalue weighted by molar-refractivity contribution is 5.93. The van der Waals surface area contributed by atoms with Gasteiger partial charge in [-0.25, -0.2) is 9.67 Å². The molecule has 0 bridgehead atoms. The number of oxime groups is 1. The fourth-order valence-corrected chi connectivity index (χ4v) is 0.686. The van der Waals surface area contributed by atoms with Crippen LogP contribution < -0.4 is 5.73 Å². The van der Waals surface area contributed by atoms with E-state index in [2.05, 4.69) is 15.2 Å². The predicted octanol–water partition coefficient (Wildman–Crippen LogP) is -0.0465. The average Bonchev–Trinajstić information content (AvgIpc) is 2.51. The Hall–Kier alpha value is -1.59. The molecule has 1 rings (SSSR count). The minimum absolute atomic E-state index is 0.0746. The maximum Gasteiger partial charge on any atom is 0.219 e. The maximum absolute atomic E-state index is 8.31. The maximum atomic E-state index is 8.31. The molecule has 0 unspecified atom stereocenters. The Balaban J connectivity index is 2.92. The van der Waals surface area contributed by atoms with Crippen LogP contribution in [0, 0.1) is 0 Å². The topological polar surface area (TPSA) is 89.3 Å². The average molecular weight is 169 g/mol. The Morgan fingerprint density at radius 1 is 1.75 bits per heavy atom. The van der Waals surface area contributed by atoms with Crippen LogP contribution in [0.4, 0.5) is 0 Å². The van der Waals surface area contributed by atoms with Crippen molar-refractivity contribution in [3.63, 3.8) is 0 Å².